The first kappa shape index (κ1) is 12.4. The zero-order chi connectivity index (χ0) is 12.3. The van der Waals surface area contributed by atoms with Crippen LogP contribution < -0.4 is 10.0 Å². The third-order valence-electron chi connectivity index (χ3n) is 2.86. The number of anilines is 1. The summed E-state index contributed by atoms with van der Waals surface area (Å²) in [5.74, 6) is 0. The van der Waals surface area contributed by atoms with Gasteiger partial charge >= 0.3 is 0 Å². The van der Waals surface area contributed by atoms with E-state index in [0.717, 1.165) is 18.5 Å². The summed E-state index contributed by atoms with van der Waals surface area (Å²) >= 11 is 0. The van der Waals surface area contributed by atoms with Crippen LogP contribution >= 0.6 is 0 Å². The lowest BCUT2D eigenvalue weighted by molar-refractivity contribution is 0.588. The van der Waals surface area contributed by atoms with Crippen LogP contribution in [0.25, 0.3) is 0 Å². The van der Waals surface area contributed by atoms with E-state index in [9.17, 15) is 8.42 Å². The highest BCUT2D eigenvalue weighted by Gasteiger charge is 2.39. The Morgan fingerprint density at radius 3 is 2.41 bits per heavy atom. The van der Waals surface area contributed by atoms with Crippen molar-refractivity contribution in [1.29, 1.82) is 0 Å². The van der Waals surface area contributed by atoms with Crippen LogP contribution in [0.1, 0.15) is 19.3 Å². The molecule has 0 unspecified atom stereocenters. The number of benzene rings is 1. The minimum absolute atomic E-state index is 0.180. The molecule has 1 aromatic rings. The van der Waals surface area contributed by atoms with E-state index in [1.807, 2.05) is 30.3 Å². The van der Waals surface area contributed by atoms with Crippen LogP contribution in [0.5, 0.6) is 0 Å². The lowest BCUT2D eigenvalue weighted by atomic mass is 10.3. The number of hydrogen-bond donors (Lipinski definition) is 1. The first-order chi connectivity index (χ1) is 8.16. The van der Waals surface area contributed by atoms with Gasteiger partial charge in [-0.2, -0.15) is 0 Å². The van der Waals surface area contributed by atoms with Gasteiger partial charge in [0.1, 0.15) is 0 Å². The second-order valence-corrected chi connectivity index (χ2v) is 6.43. The molecule has 1 aliphatic carbocycles. The molecule has 0 aliphatic heterocycles. The highest BCUT2D eigenvalue weighted by atomic mass is 32.2. The molecule has 1 aliphatic rings. The Hall–Kier alpha value is -1.07. The SMILES string of the molecule is NCCCN(c1ccccc1)S(=O)(=O)C1CC1. The van der Waals surface area contributed by atoms with E-state index in [2.05, 4.69) is 0 Å². The molecule has 0 spiro atoms. The molecule has 2 N–H and O–H groups in total. The van der Waals surface area contributed by atoms with Gasteiger partial charge in [0.15, 0.2) is 0 Å². The van der Waals surface area contributed by atoms with Gasteiger partial charge in [0.25, 0.3) is 0 Å². The Balaban J connectivity index is 2.25. The number of hydrogen-bond acceptors (Lipinski definition) is 3. The van der Waals surface area contributed by atoms with Gasteiger partial charge < -0.3 is 5.73 Å². The molecule has 0 atom stereocenters. The normalized spacial score (nSPS) is 15.8. The number of nitrogens with two attached hydrogens (primary N) is 1. The average Bonchev–Trinajstić information content (AvgIpc) is 3.15. The Bertz CT molecular complexity index is 455. The predicted octanol–water partition coefficient (Wildman–Crippen LogP) is 1.33. The first-order valence-corrected chi connectivity index (χ1v) is 7.43. The maximum Gasteiger partial charge on any atom is 0.238 e. The Labute approximate surface area is 102 Å². The summed E-state index contributed by atoms with van der Waals surface area (Å²) < 4.78 is 26.1. The van der Waals surface area contributed by atoms with Gasteiger partial charge in [0.05, 0.1) is 10.9 Å². The number of sulfonamides is 1. The van der Waals surface area contributed by atoms with Gasteiger partial charge in [-0.15, -0.1) is 0 Å². The molecular formula is C12H18N2O2S. The van der Waals surface area contributed by atoms with Crippen LogP contribution in [0.4, 0.5) is 5.69 Å². The Morgan fingerprint density at radius 2 is 1.88 bits per heavy atom. The van der Waals surface area contributed by atoms with E-state index in [4.69, 9.17) is 5.73 Å². The van der Waals surface area contributed by atoms with E-state index in [1.54, 1.807) is 0 Å². The van der Waals surface area contributed by atoms with Crippen molar-refractivity contribution in [2.24, 2.45) is 5.73 Å². The van der Waals surface area contributed by atoms with Crippen molar-refractivity contribution in [3.8, 4) is 0 Å². The predicted molar refractivity (Wildman–Crippen MR) is 69.4 cm³/mol. The molecule has 0 heterocycles. The third kappa shape index (κ3) is 2.79. The monoisotopic (exact) mass is 254 g/mol. The maximum absolute atomic E-state index is 12.3. The standard InChI is InChI=1S/C12H18N2O2S/c13-9-4-10-14(11-5-2-1-3-6-11)17(15,16)12-7-8-12/h1-3,5-6,12H,4,7-10,13H2. The fourth-order valence-electron chi connectivity index (χ4n) is 1.78. The topological polar surface area (TPSA) is 63.4 Å². The Kier molecular flexibility index (Phi) is 3.69. The summed E-state index contributed by atoms with van der Waals surface area (Å²) in [4.78, 5) is 0. The minimum Gasteiger partial charge on any atom is -0.330 e. The summed E-state index contributed by atoms with van der Waals surface area (Å²) in [5.41, 5.74) is 6.21. The molecule has 0 aromatic heterocycles. The molecule has 1 aromatic carbocycles. The van der Waals surface area contributed by atoms with Gasteiger partial charge in [-0.05, 0) is 37.9 Å². The molecule has 5 heteroatoms. The van der Waals surface area contributed by atoms with Crippen molar-refractivity contribution >= 4 is 15.7 Å². The number of para-hydroxylation sites is 1. The van der Waals surface area contributed by atoms with E-state index < -0.39 is 10.0 Å². The molecule has 2 rings (SSSR count). The minimum atomic E-state index is -3.18. The third-order valence-corrected chi connectivity index (χ3v) is 5.18. The number of rotatable bonds is 6. The highest BCUT2D eigenvalue weighted by Crippen LogP contribution is 2.33. The molecule has 1 fully saturated rings. The quantitative estimate of drug-likeness (QED) is 0.833. The van der Waals surface area contributed by atoms with E-state index in [1.165, 1.54) is 4.31 Å². The molecule has 0 radical (unpaired) electrons. The van der Waals surface area contributed by atoms with Crippen LogP contribution in [0.2, 0.25) is 0 Å². The molecule has 1 saturated carbocycles. The van der Waals surface area contributed by atoms with Gasteiger partial charge in [0.2, 0.25) is 10.0 Å². The number of nitrogens with zero attached hydrogens (tertiary/aromatic N) is 1. The summed E-state index contributed by atoms with van der Waals surface area (Å²) in [5, 5.41) is -0.180. The lowest BCUT2D eigenvalue weighted by Crippen LogP contribution is -2.35. The maximum atomic E-state index is 12.3. The summed E-state index contributed by atoms with van der Waals surface area (Å²) in [6.45, 7) is 0.975. The van der Waals surface area contributed by atoms with Gasteiger partial charge in [-0.25, -0.2) is 8.42 Å². The van der Waals surface area contributed by atoms with Crippen molar-refractivity contribution in [3.05, 3.63) is 30.3 Å². The fraction of sp³-hybridized carbons (Fsp3) is 0.500. The van der Waals surface area contributed by atoms with Crippen molar-refractivity contribution in [2.75, 3.05) is 17.4 Å². The van der Waals surface area contributed by atoms with Crippen LogP contribution in [0.3, 0.4) is 0 Å². The smallest absolute Gasteiger partial charge is 0.238 e. The van der Waals surface area contributed by atoms with Gasteiger partial charge in [-0.3, -0.25) is 4.31 Å². The zero-order valence-corrected chi connectivity index (χ0v) is 10.6. The lowest BCUT2D eigenvalue weighted by Gasteiger charge is -2.24. The van der Waals surface area contributed by atoms with Crippen molar-refractivity contribution in [3.63, 3.8) is 0 Å². The largest absolute Gasteiger partial charge is 0.330 e. The summed E-state index contributed by atoms with van der Waals surface area (Å²) in [7, 11) is -3.18. The van der Waals surface area contributed by atoms with Crippen LogP contribution in [0, 0.1) is 0 Å². The van der Waals surface area contributed by atoms with Crippen molar-refractivity contribution < 1.29 is 8.42 Å². The molecule has 0 saturated heterocycles. The summed E-state index contributed by atoms with van der Waals surface area (Å²) in [6, 6.07) is 9.25. The zero-order valence-electron chi connectivity index (χ0n) is 9.75. The van der Waals surface area contributed by atoms with E-state index in [0.29, 0.717) is 19.5 Å². The Morgan fingerprint density at radius 1 is 1.24 bits per heavy atom. The van der Waals surface area contributed by atoms with Gasteiger partial charge in [0, 0.05) is 6.54 Å². The second-order valence-electron chi connectivity index (χ2n) is 4.29. The molecule has 17 heavy (non-hydrogen) atoms. The van der Waals surface area contributed by atoms with Crippen LogP contribution in [0.15, 0.2) is 30.3 Å². The summed E-state index contributed by atoms with van der Waals surface area (Å²) in [6.07, 6.45) is 2.25. The molecule has 0 amide bonds. The van der Waals surface area contributed by atoms with Crippen molar-refractivity contribution in [1.82, 2.24) is 0 Å². The molecule has 0 bridgehead atoms. The van der Waals surface area contributed by atoms with E-state index >= 15 is 0 Å². The van der Waals surface area contributed by atoms with Crippen molar-refractivity contribution in [2.45, 2.75) is 24.5 Å². The highest BCUT2D eigenvalue weighted by molar-refractivity contribution is 7.93. The van der Waals surface area contributed by atoms with Gasteiger partial charge in [-0.1, -0.05) is 18.2 Å². The van der Waals surface area contributed by atoms with E-state index in [-0.39, 0.29) is 5.25 Å². The average molecular weight is 254 g/mol. The second kappa shape index (κ2) is 5.06. The fourth-order valence-corrected chi connectivity index (χ4v) is 3.67. The molecule has 4 nitrogen and oxygen atoms in total. The van der Waals surface area contributed by atoms with Crippen LogP contribution in [-0.2, 0) is 10.0 Å². The first-order valence-electron chi connectivity index (χ1n) is 5.93. The molecular weight excluding hydrogens is 236 g/mol. The van der Waals surface area contributed by atoms with Crippen LogP contribution in [-0.4, -0.2) is 26.8 Å². The molecule has 94 valence electrons.